The van der Waals surface area contributed by atoms with Crippen molar-refractivity contribution < 1.29 is 4.74 Å². The summed E-state index contributed by atoms with van der Waals surface area (Å²) in [7, 11) is 0. The molecule has 1 saturated heterocycles. The number of thiophene rings is 1. The smallest absolute Gasteiger partial charge is 0.189 e. The van der Waals surface area contributed by atoms with Crippen LogP contribution in [0.3, 0.4) is 0 Å². The summed E-state index contributed by atoms with van der Waals surface area (Å²) < 4.78 is 6.83. The number of aryl methyl sites for hydroxylation is 1. The Morgan fingerprint density at radius 3 is 2.15 bits per heavy atom. The molecule has 0 saturated carbocycles. The number of aromatic nitrogens is 3. The molecule has 0 amide bonds. The normalized spacial score (nSPS) is 15.6. The Balaban J connectivity index is 1.35. The van der Waals surface area contributed by atoms with Crippen molar-refractivity contribution in [3.63, 3.8) is 0 Å². The molecule has 4 heterocycles. The summed E-state index contributed by atoms with van der Waals surface area (Å²) in [6.07, 6.45) is 4.65. The van der Waals surface area contributed by atoms with Crippen LogP contribution in [-0.4, -0.2) is 41.3 Å². The summed E-state index contributed by atoms with van der Waals surface area (Å²) in [5, 5.41) is 3.19. The Labute approximate surface area is 241 Å². The molecule has 5 nitrogen and oxygen atoms in total. The van der Waals surface area contributed by atoms with E-state index in [1.165, 1.54) is 51.0 Å². The van der Waals surface area contributed by atoms with Gasteiger partial charge in [0.05, 0.1) is 23.4 Å². The van der Waals surface area contributed by atoms with Crippen LogP contribution in [0.25, 0.3) is 20.4 Å². The number of anilines is 1. The highest BCUT2D eigenvalue weighted by atomic mass is 32.2. The Morgan fingerprint density at radius 2 is 1.44 bits per heavy atom. The maximum absolute atomic E-state index is 5.66. The van der Waals surface area contributed by atoms with Gasteiger partial charge in [-0.15, -0.1) is 23.1 Å². The molecule has 3 aromatic heterocycles. The third-order valence-corrected chi connectivity index (χ3v) is 10.6. The molecule has 0 atom stereocenters. The van der Waals surface area contributed by atoms with Gasteiger partial charge in [-0.3, -0.25) is 0 Å². The van der Waals surface area contributed by atoms with Crippen molar-refractivity contribution in [2.24, 2.45) is 0 Å². The highest BCUT2D eigenvalue weighted by Gasteiger charge is 2.27. The molecule has 1 aliphatic heterocycles. The molecule has 198 valence electrons. The summed E-state index contributed by atoms with van der Waals surface area (Å²) in [4.78, 5) is 19.2. The van der Waals surface area contributed by atoms with E-state index < -0.39 is 0 Å². The van der Waals surface area contributed by atoms with Gasteiger partial charge in [0.2, 0.25) is 0 Å². The zero-order valence-corrected chi connectivity index (χ0v) is 24.2. The number of fused-ring (bicyclic) bond motifs is 5. The van der Waals surface area contributed by atoms with Crippen molar-refractivity contribution in [3.05, 3.63) is 82.9 Å². The van der Waals surface area contributed by atoms with E-state index in [0.717, 1.165) is 71.2 Å². The molecule has 0 bridgehead atoms. The van der Waals surface area contributed by atoms with E-state index in [1.54, 1.807) is 23.1 Å². The molecule has 5 aromatic rings. The molecular formula is C31H30N4OS3. The van der Waals surface area contributed by atoms with Crippen molar-refractivity contribution in [2.45, 2.75) is 47.4 Å². The van der Waals surface area contributed by atoms with E-state index in [9.17, 15) is 0 Å². The number of benzene rings is 2. The molecular weight excluding hydrogens is 541 g/mol. The number of hydrogen-bond acceptors (Lipinski definition) is 8. The van der Waals surface area contributed by atoms with Crippen molar-refractivity contribution in [1.29, 1.82) is 0 Å². The van der Waals surface area contributed by atoms with Gasteiger partial charge in [-0.25, -0.2) is 15.0 Å². The fourth-order valence-electron chi connectivity index (χ4n) is 5.51. The van der Waals surface area contributed by atoms with E-state index >= 15 is 0 Å². The second kappa shape index (κ2) is 11.5. The lowest BCUT2D eigenvalue weighted by atomic mass is 9.90. The number of pyridine rings is 1. The Bertz CT molecular complexity index is 1600. The first-order valence-electron chi connectivity index (χ1n) is 13.7. The molecule has 39 heavy (non-hydrogen) atoms. The zero-order valence-electron chi connectivity index (χ0n) is 21.8. The molecule has 0 unspecified atom stereocenters. The molecule has 0 spiro atoms. The monoisotopic (exact) mass is 570 g/mol. The maximum atomic E-state index is 5.66. The Kier molecular flexibility index (Phi) is 7.44. The first-order valence-corrected chi connectivity index (χ1v) is 16.4. The molecule has 0 N–H and O–H groups in total. The molecule has 0 radical (unpaired) electrons. The third kappa shape index (κ3) is 5.27. The van der Waals surface area contributed by atoms with Gasteiger partial charge < -0.3 is 9.64 Å². The lowest BCUT2D eigenvalue weighted by Crippen LogP contribution is -2.37. The first kappa shape index (κ1) is 25.3. The van der Waals surface area contributed by atoms with Gasteiger partial charge in [-0.1, -0.05) is 72.4 Å². The quantitative estimate of drug-likeness (QED) is 0.114. The third-order valence-electron chi connectivity index (χ3n) is 7.45. The summed E-state index contributed by atoms with van der Waals surface area (Å²) >= 11 is 5.31. The van der Waals surface area contributed by atoms with Crippen LogP contribution in [0.2, 0.25) is 0 Å². The van der Waals surface area contributed by atoms with Gasteiger partial charge in [-0.2, -0.15) is 0 Å². The second-order valence-corrected chi connectivity index (χ2v) is 12.9. The highest BCUT2D eigenvalue weighted by Crippen LogP contribution is 2.44. The standard InChI is InChI=1S/C31H30N4OS3/c1-3-9-21(10-4-1)19-37-30-27-26(32-31(34-30)38-20-22-11-5-2-6-12-22)25-23-13-7-8-14-24(23)28(33-29(25)39-27)35-15-17-36-18-16-35/h1-6,9-12H,7-8,13-20H2. The van der Waals surface area contributed by atoms with Crippen LogP contribution in [0, 0.1) is 0 Å². The van der Waals surface area contributed by atoms with Crippen molar-refractivity contribution >= 4 is 61.1 Å². The van der Waals surface area contributed by atoms with Gasteiger partial charge in [0.15, 0.2) is 5.16 Å². The van der Waals surface area contributed by atoms with Crippen LogP contribution in [-0.2, 0) is 29.1 Å². The maximum Gasteiger partial charge on any atom is 0.189 e. The van der Waals surface area contributed by atoms with E-state index in [4.69, 9.17) is 19.7 Å². The lowest BCUT2D eigenvalue weighted by molar-refractivity contribution is 0.122. The highest BCUT2D eigenvalue weighted by molar-refractivity contribution is 7.99. The van der Waals surface area contributed by atoms with E-state index in [-0.39, 0.29) is 0 Å². The minimum atomic E-state index is 0.772. The van der Waals surface area contributed by atoms with Gasteiger partial charge >= 0.3 is 0 Å². The summed E-state index contributed by atoms with van der Waals surface area (Å²) in [5.41, 5.74) is 6.59. The predicted molar refractivity (Wildman–Crippen MR) is 164 cm³/mol. The number of ether oxygens (including phenoxy) is 1. The van der Waals surface area contributed by atoms with Crippen LogP contribution >= 0.6 is 34.9 Å². The minimum absolute atomic E-state index is 0.772. The van der Waals surface area contributed by atoms with Crippen LogP contribution < -0.4 is 4.90 Å². The average molecular weight is 571 g/mol. The molecule has 7 rings (SSSR count). The molecule has 1 fully saturated rings. The molecule has 2 aliphatic rings. The fraction of sp³-hybridized carbons (Fsp3) is 0.323. The zero-order chi connectivity index (χ0) is 26.0. The van der Waals surface area contributed by atoms with Crippen LogP contribution in [0.4, 0.5) is 5.82 Å². The number of morpholine rings is 1. The topological polar surface area (TPSA) is 51.1 Å². The van der Waals surface area contributed by atoms with Crippen molar-refractivity contribution in [1.82, 2.24) is 15.0 Å². The largest absolute Gasteiger partial charge is 0.378 e. The van der Waals surface area contributed by atoms with Crippen molar-refractivity contribution in [2.75, 3.05) is 31.2 Å². The number of nitrogens with zero attached hydrogens (tertiary/aromatic N) is 4. The summed E-state index contributed by atoms with van der Waals surface area (Å²) in [6, 6.07) is 21.3. The number of rotatable bonds is 7. The first-order chi connectivity index (χ1) is 19.3. The Hall–Kier alpha value is -2.65. The minimum Gasteiger partial charge on any atom is -0.378 e. The van der Waals surface area contributed by atoms with Crippen LogP contribution in [0.1, 0.15) is 35.1 Å². The second-order valence-electron chi connectivity index (χ2n) is 10.0. The molecule has 1 aliphatic carbocycles. The van der Waals surface area contributed by atoms with Gasteiger partial charge in [-0.05, 0) is 47.9 Å². The fourth-order valence-corrected chi connectivity index (χ4v) is 8.57. The average Bonchev–Trinajstić information content (AvgIpc) is 3.39. The SMILES string of the molecule is c1ccc(CSc2nc(SCc3ccccc3)c3sc4nc(N5CCOCC5)c5c(c4c3n2)CCCC5)cc1. The Morgan fingerprint density at radius 1 is 0.769 bits per heavy atom. The number of thioether (sulfide) groups is 2. The van der Waals surface area contributed by atoms with E-state index in [0.29, 0.717) is 0 Å². The van der Waals surface area contributed by atoms with Gasteiger partial charge in [0, 0.05) is 30.0 Å². The van der Waals surface area contributed by atoms with E-state index in [1.807, 2.05) is 11.8 Å². The van der Waals surface area contributed by atoms with Gasteiger partial charge in [0.25, 0.3) is 0 Å². The summed E-state index contributed by atoms with van der Waals surface area (Å²) in [6.45, 7) is 3.37. The lowest BCUT2D eigenvalue weighted by Gasteiger charge is -2.31. The van der Waals surface area contributed by atoms with Gasteiger partial charge in [0.1, 0.15) is 15.7 Å². The van der Waals surface area contributed by atoms with Crippen LogP contribution in [0.5, 0.6) is 0 Å². The number of hydrogen-bond donors (Lipinski definition) is 0. The van der Waals surface area contributed by atoms with Crippen molar-refractivity contribution in [3.8, 4) is 0 Å². The predicted octanol–water partition coefficient (Wildman–Crippen LogP) is 7.54. The molecule has 2 aromatic carbocycles. The van der Waals surface area contributed by atoms with E-state index in [2.05, 4.69) is 65.6 Å². The summed E-state index contributed by atoms with van der Waals surface area (Å²) in [5.74, 6) is 2.92. The molecule has 8 heteroatoms. The van der Waals surface area contributed by atoms with Crippen LogP contribution in [0.15, 0.2) is 70.8 Å².